The molecule has 228 valence electrons. The molecule has 2 aliphatic heterocycles. The van der Waals surface area contributed by atoms with E-state index in [2.05, 4.69) is 26.8 Å². The molecule has 1 N–H and O–H groups in total. The van der Waals surface area contributed by atoms with Crippen molar-refractivity contribution in [1.82, 2.24) is 0 Å². The van der Waals surface area contributed by atoms with Gasteiger partial charge in [0.05, 0.1) is 30.8 Å². The summed E-state index contributed by atoms with van der Waals surface area (Å²) < 4.78 is 28.4. The molecule has 0 aromatic carbocycles. The molecule has 8 heteroatoms. The number of methoxy groups -OCH3 is 2. The van der Waals surface area contributed by atoms with Crippen molar-refractivity contribution in [3.63, 3.8) is 0 Å². The van der Waals surface area contributed by atoms with Gasteiger partial charge in [-0.3, -0.25) is 9.59 Å². The predicted molar refractivity (Wildman–Crippen MR) is 155 cm³/mol. The lowest BCUT2D eigenvalue weighted by atomic mass is 9.88. The van der Waals surface area contributed by atoms with E-state index in [0.29, 0.717) is 18.3 Å². The molecule has 2 heterocycles. The second kappa shape index (κ2) is 15.9. The number of esters is 2. The van der Waals surface area contributed by atoms with Crippen molar-refractivity contribution in [2.24, 2.45) is 17.8 Å². The monoisotopic (exact) mass is 564 g/mol. The summed E-state index contributed by atoms with van der Waals surface area (Å²) in [6.07, 6.45) is 11.3. The van der Waals surface area contributed by atoms with Crippen molar-refractivity contribution >= 4 is 11.9 Å². The topological polar surface area (TPSA) is 104 Å². The summed E-state index contributed by atoms with van der Waals surface area (Å²) in [6.45, 7) is 13.3. The Labute approximate surface area is 241 Å². The van der Waals surface area contributed by atoms with Gasteiger partial charge in [-0.25, -0.2) is 0 Å². The van der Waals surface area contributed by atoms with E-state index in [1.54, 1.807) is 20.1 Å². The van der Waals surface area contributed by atoms with Crippen molar-refractivity contribution in [3.05, 3.63) is 36.0 Å². The standard InChI is InChI=1S/C32H52O8/c1-10-26(37-9)23(5)31-27(39-31)18-20(2)12-11-13-21(3)30-22(4)14-15-28(38-24(6)33)32(7,35)17-16-25(36-8)19-29(34)40-30/h11-15,20,22-23,25-28,30-31,35H,10,16-19H2,1-9H3/b12-11+,15-14-,21-13+. The highest BCUT2D eigenvalue weighted by Crippen LogP contribution is 2.37. The Morgan fingerprint density at radius 3 is 2.55 bits per heavy atom. The molecule has 40 heavy (non-hydrogen) atoms. The van der Waals surface area contributed by atoms with Crippen LogP contribution in [0.25, 0.3) is 0 Å². The van der Waals surface area contributed by atoms with Crippen molar-refractivity contribution in [1.29, 1.82) is 0 Å². The van der Waals surface area contributed by atoms with Crippen LogP contribution >= 0.6 is 0 Å². The van der Waals surface area contributed by atoms with Crippen LogP contribution in [0.2, 0.25) is 0 Å². The van der Waals surface area contributed by atoms with E-state index in [-0.39, 0.29) is 43.0 Å². The number of ether oxygens (including phenoxy) is 5. The molecule has 8 nitrogen and oxygen atoms in total. The Morgan fingerprint density at radius 2 is 1.95 bits per heavy atom. The minimum Gasteiger partial charge on any atom is -0.457 e. The summed E-state index contributed by atoms with van der Waals surface area (Å²) in [5.74, 6) is -0.372. The molecule has 10 unspecified atom stereocenters. The number of rotatable bonds is 11. The SMILES string of the molecule is CCC(OC)C(C)C1OC1CC(C)/C=C/C=C(\C)C1OC(=O)CC(OC)CCC(C)(O)C(OC(C)=O)/C=C\C1C. The van der Waals surface area contributed by atoms with Crippen molar-refractivity contribution < 1.29 is 38.4 Å². The van der Waals surface area contributed by atoms with Gasteiger partial charge < -0.3 is 28.8 Å². The fourth-order valence-corrected chi connectivity index (χ4v) is 5.53. The minimum absolute atomic E-state index is 0.0703. The zero-order valence-corrected chi connectivity index (χ0v) is 25.9. The maximum atomic E-state index is 12.9. The average molecular weight is 565 g/mol. The Bertz CT molecular complexity index is 903. The summed E-state index contributed by atoms with van der Waals surface area (Å²) in [4.78, 5) is 24.6. The molecular weight excluding hydrogens is 512 g/mol. The van der Waals surface area contributed by atoms with E-state index in [0.717, 1.165) is 18.4 Å². The molecule has 0 spiro atoms. The van der Waals surface area contributed by atoms with Crippen molar-refractivity contribution in [2.75, 3.05) is 14.2 Å². The largest absolute Gasteiger partial charge is 0.457 e. The van der Waals surface area contributed by atoms with Gasteiger partial charge in [0.25, 0.3) is 0 Å². The third-order valence-electron chi connectivity index (χ3n) is 8.21. The minimum atomic E-state index is -1.32. The lowest BCUT2D eigenvalue weighted by Gasteiger charge is -2.33. The van der Waals surface area contributed by atoms with E-state index in [9.17, 15) is 14.7 Å². The normalized spacial score (nSPS) is 35.1. The molecule has 2 aliphatic rings. The van der Waals surface area contributed by atoms with Gasteiger partial charge in [-0.15, -0.1) is 0 Å². The highest BCUT2D eigenvalue weighted by atomic mass is 16.6. The van der Waals surface area contributed by atoms with E-state index >= 15 is 0 Å². The van der Waals surface area contributed by atoms with Crippen molar-refractivity contribution in [3.8, 4) is 0 Å². The maximum absolute atomic E-state index is 12.9. The summed E-state index contributed by atoms with van der Waals surface area (Å²) in [5.41, 5.74) is -0.430. The van der Waals surface area contributed by atoms with Gasteiger partial charge in [-0.2, -0.15) is 0 Å². The van der Waals surface area contributed by atoms with Crippen molar-refractivity contribution in [2.45, 2.75) is 123 Å². The van der Waals surface area contributed by atoms with E-state index in [1.165, 1.54) is 14.0 Å². The van der Waals surface area contributed by atoms with Gasteiger partial charge in [0, 0.05) is 33.0 Å². The first-order chi connectivity index (χ1) is 18.8. The van der Waals surface area contributed by atoms with E-state index in [1.807, 2.05) is 32.1 Å². The number of carbonyl (C=O) groups excluding carboxylic acids is 2. The van der Waals surface area contributed by atoms with Gasteiger partial charge in [-0.1, -0.05) is 52.0 Å². The van der Waals surface area contributed by atoms with Gasteiger partial charge in [0.15, 0.2) is 0 Å². The molecule has 1 saturated heterocycles. The number of epoxide rings is 1. The second-order valence-electron chi connectivity index (χ2n) is 11.8. The summed E-state index contributed by atoms with van der Waals surface area (Å²) in [5, 5.41) is 11.1. The highest BCUT2D eigenvalue weighted by molar-refractivity contribution is 5.70. The predicted octanol–water partition coefficient (Wildman–Crippen LogP) is 5.33. The summed E-state index contributed by atoms with van der Waals surface area (Å²) in [7, 11) is 3.30. The zero-order chi connectivity index (χ0) is 30.0. The molecule has 0 radical (unpaired) electrons. The van der Waals surface area contributed by atoms with Gasteiger partial charge in [0.2, 0.25) is 0 Å². The first-order valence-electron chi connectivity index (χ1n) is 14.7. The van der Waals surface area contributed by atoms with E-state index in [4.69, 9.17) is 23.7 Å². The summed E-state index contributed by atoms with van der Waals surface area (Å²) in [6, 6.07) is 0. The lowest BCUT2D eigenvalue weighted by Crippen LogP contribution is -2.42. The molecule has 0 aliphatic carbocycles. The number of hydrogen-bond acceptors (Lipinski definition) is 8. The number of cyclic esters (lactones) is 1. The fraction of sp³-hybridized carbons (Fsp3) is 0.750. The van der Waals surface area contributed by atoms with Crippen LogP contribution < -0.4 is 0 Å². The lowest BCUT2D eigenvalue weighted by molar-refractivity contribution is -0.157. The van der Waals surface area contributed by atoms with Crippen LogP contribution in [0.3, 0.4) is 0 Å². The van der Waals surface area contributed by atoms with Crippen LogP contribution in [-0.4, -0.2) is 73.5 Å². The molecule has 2 rings (SSSR count). The Hall–Kier alpha value is -2.00. The smallest absolute Gasteiger partial charge is 0.309 e. The zero-order valence-electron chi connectivity index (χ0n) is 25.9. The number of hydrogen-bond donors (Lipinski definition) is 1. The third-order valence-corrected chi connectivity index (χ3v) is 8.21. The molecule has 1 fully saturated rings. The number of carbonyl (C=O) groups is 2. The Kier molecular flexibility index (Phi) is 13.6. The average Bonchev–Trinajstić information content (AvgIpc) is 3.65. The molecule has 10 atom stereocenters. The second-order valence-corrected chi connectivity index (χ2v) is 11.8. The van der Waals surface area contributed by atoms with Crippen LogP contribution in [0.5, 0.6) is 0 Å². The van der Waals surface area contributed by atoms with Crippen LogP contribution in [0, 0.1) is 17.8 Å². The van der Waals surface area contributed by atoms with Crippen LogP contribution in [0.4, 0.5) is 0 Å². The Balaban J connectivity index is 2.14. The molecule has 0 aromatic rings. The number of allylic oxidation sites excluding steroid dienone is 3. The summed E-state index contributed by atoms with van der Waals surface area (Å²) >= 11 is 0. The third kappa shape index (κ3) is 10.4. The first kappa shape index (κ1) is 34.2. The molecular formula is C32H52O8. The van der Waals surface area contributed by atoms with Gasteiger partial charge >= 0.3 is 11.9 Å². The molecule has 0 aromatic heterocycles. The maximum Gasteiger partial charge on any atom is 0.309 e. The molecule has 0 saturated carbocycles. The van der Waals surface area contributed by atoms with Gasteiger partial charge in [0.1, 0.15) is 17.8 Å². The van der Waals surface area contributed by atoms with Crippen LogP contribution in [0.15, 0.2) is 36.0 Å². The number of aliphatic hydroxyl groups is 1. The van der Waals surface area contributed by atoms with E-state index < -0.39 is 29.9 Å². The quantitative estimate of drug-likeness (QED) is 0.155. The highest BCUT2D eigenvalue weighted by Gasteiger charge is 2.45. The van der Waals surface area contributed by atoms with Crippen LogP contribution in [-0.2, 0) is 33.3 Å². The molecule has 0 bridgehead atoms. The first-order valence-corrected chi connectivity index (χ1v) is 14.7. The van der Waals surface area contributed by atoms with Gasteiger partial charge in [-0.05, 0) is 57.1 Å². The van der Waals surface area contributed by atoms with Crippen LogP contribution in [0.1, 0.15) is 80.6 Å². The fourth-order valence-electron chi connectivity index (χ4n) is 5.53. The molecule has 0 amide bonds. The Morgan fingerprint density at radius 1 is 1.25 bits per heavy atom.